The highest BCUT2D eigenvalue weighted by Gasteiger charge is 2.55. The molecule has 0 unspecified atom stereocenters. The fraction of sp³-hybridized carbons (Fsp3) is 0.714. The summed E-state index contributed by atoms with van der Waals surface area (Å²) in [5.41, 5.74) is 0.810. The molecule has 0 N–H and O–H groups in total. The first kappa shape index (κ1) is 25.7. The van der Waals surface area contributed by atoms with Gasteiger partial charge in [-0.3, -0.25) is 9.59 Å². The second-order valence-electron chi connectivity index (χ2n) is 10.6. The Hall–Kier alpha value is -1.88. The fourth-order valence-corrected chi connectivity index (χ4v) is 5.69. The molecule has 0 saturated carbocycles. The van der Waals surface area contributed by atoms with E-state index in [2.05, 4.69) is 56.0 Å². The van der Waals surface area contributed by atoms with Gasteiger partial charge >= 0.3 is 0 Å². The molecule has 2 aliphatic rings. The van der Waals surface area contributed by atoms with Crippen molar-refractivity contribution >= 4 is 11.8 Å². The molecule has 2 amide bonds. The molecule has 2 heterocycles. The maximum atomic E-state index is 13.6. The van der Waals surface area contributed by atoms with E-state index in [1.54, 1.807) is 4.90 Å². The molecular formula is C28H45N3O2. The lowest BCUT2D eigenvalue weighted by atomic mass is 9.80. The lowest BCUT2D eigenvalue weighted by Gasteiger charge is -2.54. The Balaban J connectivity index is 1.48. The minimum atomic E-state index is -0.624. The number of aryl methyl sites for hydroxylation is 1. The highest BCUT2D eigenvalue weighted by molar-refractivity contribution is 5.99. The third-order valence-corrected chi connectivity index (χ3v) is 7.61. The van der Waals surface area contributed by atoms with E-state index < -0.39 is 5.54 Å². The molecule has 2 fully saturated rings. The number of rotatable bonds is 11. The number of carbonyl (C=O) groups is 2. The minimum Gasteiger partial charge on any atom is -0.332 e. The van der Waals surface area contributed by atoms with Gasteiger partial charge in [-0.1, -0.05) is 63.9 Å². The van der Waals surface area contributed by atoms with Crippen molar-refractivity contribution in [2.45, 2.75) is 90.1 Å². The van der Waals surface area contributed by atoms with Gasteiger partial charge in [0.15, 0.2) is 0 Å². The van der Waals surface area contributed by atoms with E-state index in [9.17, 15) is 9.59 Å². The number of unbranched alkanes of at least 4 members (excludes halogenated alkanes) is 3. The van der Waals surface area contributed by atoms with Crippen LogP contribution in [0.1, 0.15) is 77.7 Å². The van der Waals surface area contributed by atoms with Gasteiger partial charge in [-0.15, -0.1) is 0 Å². The van der Waals surface area contributed by atoms with Gasteiger partial charge in [-0.2, -0.15) is 0 Å². The van der Waals surface area contributed by atoms with Crippen molar-refractivity contribution in [2.75, 3.05) is 33.2 Å². The predicted octanol–water partition coefficient (Wildman–Crippen LogP) is 4.75. The lowest BCUT2D eigenvalue weighted by Crippen LogP contribution is -2.73. The Morgan fingerprint density at radius 3 is 2.27 bits per heavy atom. The lowest BCUT2D eigenvalue weighted by molar-refractivity contribution is -0.174. The average molecular weight is 456 g/mol. The Bertz CT molecular complexity index is 756. The molecule has 184 valence electrons. The largest absolute Gasteiger partial charge is 0.332 e. The van der Waals surface area contributed by atoms with Crippen LogP contribution < -0.4 is 0 Å². The van der Waals surface area contributed by atoms with E-state index in [1.807, 2.05) is 11.9 Å². The van der Waals surface area contributed by atoms with Gasteiger partial charge in [0.2, 0.25) is 11.8 Å². The second kappa shape index (κ2) is 12.0. The first-order valence-electron chi connectivity index (χ1n) is 13.2. The smallest absolute Gasteiger partial charge is 0.249 e. The van der Waals surface area contributed by atoms with Crippen molar-refractivity contribution in [1.82, 2.24) is 14.7 Å². The summed E-state index contributed by atoms with van der Waals surface area (Å²) in [6.07, 6.45) is 9.33. The highest BCUT2D eigenvalue weighted by atomic mass is 16.2. The first-order chi connectivity index (χ1) is 15.9. The van der Waals surface area contributed by atoms with Crippen LogP contribution in [-0.4, -0.2) is 71.3 Å². The topological polar surface area (TPSA) is 43.9 Å². The van der Waals surface area contributed by atoms with Gasteiger partial charge in [0.25, 0.3) is 0 Å². The van der Waals surface area contributed by atoms with Gasteiger partial charge in [0.05, 0.1) is 0 Å². The number of likely N-dealkylation sites (tertiary alicyclic amines) is 1. The van der Waals surface area contributed by atoms with E-state index in [4.69, 9.17) is 0 Å². The molecule has 5 heteroatoms. The van der Waals surface area contributed by atoms with Crippen molar-refractivity contribution in [2.24, 2.45) is 5.92 Å². The molecule has 33 heavy (non-hydrogen) atoms. The molecule has 2 aliphatic heterocycles. The Labute approximate surface area is 201 Å². The summed E-state index contributed by atoms with van der Waals surface area (Å²) in [5, 5.41) is 0. The van der Waals surface area contributed by atoms with Gasteiger partial charge in [0.1, 0.15) is 11.6 Å². The number of likely N-dealkylation sites (N-methyl/N-ethyl adjacent to an activating group) is 1. The maximum absolute atomic E-state index is 13.6. The molecular weight excluding hydrogens is 410 g/mol. The van der Waals surface area contributed by atoms with Crippen LogP contribution in [0.3, 0.4) is 0 Å². The molecule has 2 saturated heterocycles. The molecule has 5 nitrogen and oxygen atoms in total. The second-order valence-corrected chi connectivity index (χ2v) is 10.6. The standard InChI is InChI=1S/C28H45N3O2/c1-5-18-31-26(32)25(22-23(2)3)29(4)27(33)28(31)16-20-30(21-17-28)19-12-7-6-9-13-24-14-10-8-11-15-24/h8,10-11,14-15,23,25H,5-7,9,12-13,16-22H2,1-4H3/t25-/m0/s1. The molecule has 3 rings (SSSR count). The molecule has 0 radical (unpaired) electrons. The van der Waals surface area contributed by atoms with E-state index in [0.29, 0.717) is 12.5 Å². The third-order valence-electron chi connectivity index (χ3n) is 7.61. The van der Waals surface area contributed by atoms with Gasteiger partial charge < -0.3 is 14.7 Å². The van der Waals surface area contributed by atoms with E-state index in [0.717, 1.165) is 45.3 Å². The van der Waals surface area contributed by atoms with Crippen LogP contribution >= 0.6 is 0 Å². The summed E-state index contributed by atoms with van der Waals surface area (Å²) < 4.78 is 0. The molecule has 0 aromatic heterocycles. The quantitative estimate of drug-likeness (QED) is 0.452. The van der Waals surface area contributed by atoms with Gasteiger partial charge in [-0.25, -0.2) is 0 Å². The van der Waals surface area contributed by atoms with Crippen LogP contribution in [0, 0.1) is 5.92 Å². The van der Waals surface area contributed by atoms with Crippen molar-refractivity contribution in [3.63, 3.8) is 0 Å². The summed E-state index contributed by atoms with van der Waals surface area (Å²) in [7, 11) is 1.85. The molecule has 1 spiro atoms. The monoisotopic (exact) mass is 455 g/mol. The number of nitrogens with zero attached hydrogens (tertiary/aromatic N) is 3. The minimum absolute atomic E-state index is 0.166. The molecule has 0 aliphatic carbocycles. The van der Waals surface area contributed by atoms with E-state index in [1.165, 1.54) is 37.7 Å². The normalized spacial score (nSPS) is 21.4. The van der Waals surface area contributed by atoms with Crippen molar-refractivity contribution in [3.05, 3.63) is 35.9 Å². The summed E-state index contributed by atoms with van der Waals surface area (Å²) in [6, 6.07) is 10.4. The maximum Gasteiger partial charge on any atom is 0.249 e. The first-order valence-corrected chi connectivity index (χ1v) is 13.2. The average Bonchev–Trinajstić information content (AvgIpc) is 2.82. The number of piperazine rings is 1. The van der Waals surface area contributed by atoms with Crippen molar-refractivity contribution < 1.29 is 9.59 Å². The number of carbonyl (C=O) groups excluding carboxylic acids is 2. The van der Waals surface area contributed by atoms with E-state index in [-0.39, 0.29) is 17.9 Å². The zero-order valence-electron chi connectivity index (χ0n) is 21.4. The number of benzene rings is 1. The number of piperidine rings is 1. The third kappa shape index (κ3) is 6.17. The van der Waals surface area contributed by atoms with Crippen LogP contribution in [0.15, 0.2) is 30.3 Å². The van der Waals surface area contributed by atoms with E-state index >= 15 is 0 Å². The predicted molar refractivity (Wildman–Crippen MR) is 135 cm³/mol. The Kier molecular flexibility index (Phi) is 9.37. The van der Waals surface area contributed by atoms with Crippen LogP contribution in [0.25, 0.3) is 0 Å². The summed E-state index contributed by atoms with van der Waals surface area (Å²) in [6.45, 7) is 9.96. The number of amides is 2. The number of hydrogen-bond donors (Lipinski definition) is 0. The van der Waals surface area contributed by atoms with Crippen LogP contribution in [0.5, 0.6) is 0 Å². The van der Waals surface area contributed by atoms with Crippen LogP contribution in [0.2, 0.25) is 0 Å². The zero-order valence-corrected chi connectivity index (χ0v) is 21.4. The summed E-state index contributed by atoms with van der Waals surface area (Å²) in [4.78, 5) is 33.3. The summed E-state index contributed by atoms with van der Waals surface area (Å²) >= 11 is 0. The van der Waals surface area contributed by atoms with Crippen molar-refractivity contribution in [3.8, 4) is 0 Å². The Morgan fingerprint density at radius 2 is 1.64 bits per heavy atom. The van der Waals surface area contributed by atoms with Gasteiger partial charge in [0, 0.05) is 26.7 Å². The number of hydrogen-bond acceptors (Lipinski definition) is 3. The molecule has 0 bridgehead atoms. The highest BCUT2D eigenvalue weighted by Crippen LogP contribution is 2.37. The molecule has 1 aromatic carbocycles. The Morgan fingerprint density at radius 1 is 0.970 bits per heavy atom. The van der Waals surface area contributed by atoms with Crippen molar-refractivity contribution in [1.29, 1.82) is 0 Å². The SMILES string of the molecule is CCCN1C(=O)[C@H](CC(C)C)N(C)C(=O)C12CCN(CCCCCCc1ccccc1)CC2. The van der Waals surface area contributed by atoms with Gasteiger partial charge in [-0.05, 0) is 63.0 Å². The van der Waals surface area contributed by atoms with Crippen LogP contribution in [0.4, 0.5) is 0 Å². The molecule has 1 atom stereocenters. The fourth-order valence-electron chi connectivity index (χ4n) is 5.69. The molecule has 1 aromatic rings. The zero-order chi connectivity index (χ0) is 23.8. The van der Waals surface area contributed by atoms with Crippen LogP contribution in [-0.2, 0) is 16.0 Å². The summed E-state index contributed by atoms with van der Waals surface area (Å²) in [5.74, 6) is 0.725.